The number of hydrogen-bond acceptors (Lipinski definition) is 2. The second-order valence-electron chi connectivity index (χ2n) is 3.19. The van der Waals surface area contributed by atoms with Gasteiger partial charge in [-0.05, 0) is 24.1 Å². The Morgan fingerprint density at radius 1 is 1.53 bits per heavy atom. The van der Waals surface area contributed by atoms with Crippen LogP contribution in [0.25, 0.3) is 0 Å². The van der Waals surface area contributed by atoms with Crippen molar-refractivity contribution >= 4 is 34.3 Å². The van der Waals surface area contributed by atoms with Gasteiger partial charge in [0, 0.05) is 10.5 Å². The van der Waals surface area contributed by atoms with Crippen LogP contribution in [0.4, 0.5) is 0 Å². The maximum atomic E-state index is 10.4. The van der Waals surface area contributed by atoms with E-state index in [0.717, 1.165) is 10.0 Å². The van der Waals surface area contributed by atoms with Crippen LogP contribution in [0.1, 0.15) is 12.0 Å². The molecule has 1 aromatic rings. The van der Waals surface area contributed by atoms with Gasteiger partial charge in [0.15, 0.2) is 0 Å². The van der Waals surface area contributed by atoms with Crippen molar-refractivity contribution < 1.29 is 9.90 Å². The molecule has 0 aliphatic rings. The van der Waals surface area contributed by atoms with Crippen LogP contribution in [0.15, 0.2) is 28.7 Å². The Kier molecular flexibility index (Phi) is 6.56. The van der Waals surface area contributed by atoms with Gasteiger partial charge < -0.3 is 10.8 Å². The molecule has 0 aliphatic heterocycles. The van der Waals surface area contributed by atoms with Crippen LogP contribution < -0.4 is 5.73 Å². The molecule has 0 aromatic heterocycles. The lowest BCUT2D eigenvalue weighted by Gasteiger charge is -2.08. The molecule has 0 amide bonds. The van der Waals surface area contributed by atoms with Crippen LogP contribution in [-0.4, -0.2) is 17.1 Å². The predicted molar refractivity (Wildman–Crippen MR) is 65.3 cm³/mol. The highest BCUT2D eigenvalue weighted by Gasteiger charge is 2.08. The molecular weight excluding hydrogens is 281 g/mol. The van der Waals surface area contributed by atoms with Crippen molar-refractivity contribution in [2.24, 2.45) is 5.73 Å². The van der Waals surface area contributed by atoms with Gasteiger partial charge in [0.2, 0.25) is 0 Å². The molecule has 0 saturated carbocycles. The molecule has 3 N–H and O–H groups in total. The third-order valence-electron chi connectivity index (χ3n) is 1.82. The van der Waals surface area contributed by atoms with Gasteiger partial charge in [-0.15, -0.1) is 12.4 Å². The number of carboxylic acids is 1. The van der Waals surface area contributed by atoms with Gasteiger partial charge in [0.1, 0.15) is 0 Å². The quantitative estimate of drug-likeness (QED) is 0.895. The molecule has 0 spiro atoms. The van der Waals surface area contributed by atoms with Crippen molar-refractivity contribution in [3.05, 3.63) is 34.3 Å². The molecule has 0 aliphatic carbocycles. The van der Waals surface area contributed by atoms with E-state index in [1.165, 1.54) is 0 Å². The van der Waals surface area contributed by atoms with Gasteiger partial charge in [-0.2, -0.15) is 0 Å². The number of carboxylic acid groups (broad SMARTS) is 1. The van der Waals surface area contributed by atoms with Crippen molar-refractivity contribution in [3.8, 4) is 0 Å². The molecule has 0 saturated heterocycles. The van der Waals surface area contributed by atoms with E-state index in [9.17, 15) is 4.79 Å². The standard InChI is InChI=1S/C10H12BrNO2.ClH/c11-8-3-1-2-7(4-8)5-9(12)6-10(13)14;/h1-4,9H,5-6,12H2,(H,13,14);1H. The summed E-state index contributed by atoms with van der Waals surface area (Å²) in [5.74, 6) is -0.854. The summed E-state index contributed by atoms with van der Waals surface area (Å²) in [6.45, 7) is 0. The molecule has 5 heteroatoms. The summed E-state index contributed by atoms with van der Waals surface area (Å²) in [4.78, 5) is 10.4. The third kappa shape index (κ3) is 5.77. The summed E-state index contributed by atoms with van der Waals surface area (Å²) in [5.41, 5.74) is 6.71. The Labute approximate surface area is 103 Å². The van der Waals surface area contributed by atoms with Crippen LogP contribution in [0.5, 0.6) is 0 Å². The highest BCUT2D eigenvalue weighted by molar-refractivity contribution is 9.10. The second kappa shape index (κ2) is 6.82. The minimum atomic E-state index is -0.854. The zero-order chi connectivity index (χ0) is 10.6. The number of hydrogen-bond donors (Lipinski definition) is 2. The molecule has 1 atom stereocenters. The van der Waals surface area contributed by atoms with Crippen LogP contribution in [0.3, 0.4) is 0 Å². The molecule has 1 unspecified atom stereocenters. The first-order chi connectivity index (χ1) is 6.58. The zero-order valence-corrected chi connectivity index (χ0v) is 10.4. The van der Waals surface area contributed by atoms with E-state index in [2.05, 4.69) is 15.9 Å². The second-order valence-corrected chi connectivity index (χ2v) is 4.11. The first-order valence-corrected chi connectivity index (χ1v) is 5.09. The maximum absolute atomic E-state index is 10.4. The first-order valence-electron chi connectivity index (χ1n) is 4.30. The number of rotatable bonds is 4. The van der Waals surface area contributed by atoms with Crippen molar-refractivity contribution in [3.63, 3.8) is 0 Å². The van der Waals surface area contributed by atoms with Crippen LogP contribution in [0.2, 0.25) is 0 Å². The molecule has 0 fully saturated rings. The summed E-state index contributed by atoms with van der Waals surface area (Å²) < 4.78 is 0.984. The SMILES string of the molecule is Cl.NC(CC(=O)O)Cc1cccc(Br)c1. The average molecular weight is 295 g/mol. The Morgan fingerprint density at radius 2 is 2.20 bits per heavy atom. The van der Waals surface area contributed by atoms with E-state index in [0.29, 0.717) is 6.42 Å². The van der Waals surface area contributed by atoms with E-state index < -0.39 is 5.97 Å². The number of aliphatic carboxylic acids is 1. The minimum absolute atomic E-state index is 0. The molecule has 84 valence electrons. The fraction of sp³-hybridized carbons (Fsp3) is 0.300. The Morgan fingerprint density at radius 3 is 2.73 bits per heavy atom. The number of benzene rings is 1. The van der Waals surface area contributed by atoms with Crippen molar-refractivity contribution in [1.82, 2.24) is 0 Å². The molecule has 0 heterocycles. The van der Waals surface area contributed by atoms with Crippen molar-refractivity contribution in [2.45, 2.75) is 18.9 Å². The van der Waals surface area contributed by atoms with E-state index >= 15 is 0 Å². The third-order valence-corrected chi connectivity index (χ3v) is 2.32. The van der Waals surface area contributed by atoms with E-state index in [1.54, 1.807) is 0 Å². The Bertz CT molecular complexity index is 333. The number of carbonyl (C=O) groups is 1. The molecule has 0 radical (unpaired) electrons. The summed E-state index contributed by atoms with van der Waals surface area (Å²) in [5, 5.41) is 8.53. The molecule has 3 nitrogen and oxygen atoms in total. The molecule has 15 heavy (non-hydrogen) atoms. The Balaban J connectivity index is 0.00000196. The summed E-state index contributed by atoms with van der Waals surface area (Å²) in [6.07, 6.45) is 0.595. The van der Waals surface area contributed by atoms with Gasteiger partial charge in [-0.1, -0.05) is 28.1 Å². The van der Waals surface area contributed by atoms with Crippen molar-refractivity contribution in [1.29, 1.82) is 0 Å². The predicted octanol–water partition coefficient (Wildman–Crippen LogP) is 2.22. The monoisotopic (exact) mass is 293 g/mol. The fourth-order valence-corrected chi connectivity index (χ4v) is 1.71. The lowest BCUT2D eigenvalue weighted by molar-refractivity contribution is -0.137. The van der Waals surface area contributed by atoms with Gasteiger partial charge in [0.05, 0.1) is 6.42 Å². The molecule has 1 aromatic carbocycles. The molecule has 1 rings (SSSR count). The van der Waals surface area contributed by atoms with Gasteiger partial charge in [-0.3, -0.25) is 4.79 Å². The summed E-state index contributed by atoms with van der Waals surface area (Å²) in [6, 6.07) is 7.40. The normalized spacial score (nSPS) is 11.6. The highest BCUT2D eigenvalue weighted by Crippen LogP contribution is 2.13. The highest BCUT2D eigenvalue weighted by atomic mass is 79.9. The van der Waals surface area contributed by atoms with Gasteiger partial charge in [0.25, 0.3) is 0 Å². The van der Waals surface area contributed by atoms with E-state index in [4.69, 9.17) is 10.8 Å². The van der Waals surface area contributed by atoms with Gasteiger partial charge >= 0.3 is 5.97 Å². The van der Waals surface area contributed by atoms with E-state index in [-0.39, 0.29) is 24.9 Å². The number of nitrogens with two attached hydrogens (primary N) is 1. The van der Waals surface area contributed by atoms with Crippen molar-refractivity contribution in [2.75, 3.05) is 0 Å². The summed E-state index contributed by atoms with van der Waals surface area (Å²) in [7, 11) is 0. The maximum Gasteiger partial charge on any atom is 0.304 e. The first kappa shape index (κ1) is 14.4. The largest absolute Gasteiger partial charge is 0.481 e. The molecule has 0 bridgehead atoms. The van der Waals surface area contributed by atoms with E-state index in [1.807, 2.05) is 24.3 Å². The van der Waals surface area contributed by atoms with Crippen LogP contribution in [-0.2, 0) is 11.2 Å². The summed E-state index contributed by atoms with van der Waals surface area (Å²) >= 11 is 3.35. The fourth-order valence-electron chi connectivity index (χ4n) is 1.26. The van der Waals surface area contributed by atoms with Crippen LogP contribution in [0, 0.1) is 0 Å². The van der Waals surface area contributed by atoms with Gasteiger partial charge in [-0.25, -0.2) is 0 Å². The molecular formula is C10H13BrClNO2. The topological polar surface area (TPSA) is 63.3 Å². The average Bonchev–Trinajstić information content (AvgIpc) is 2.01. The van der Waals surface area contributed by atoms with Crippen LogP contribution >= 0.6 is 28.3 Å². The lowest BCUT2D eigenvalue weighted by atomic mass is 10.0. The smallest absolute Gasteiger partial charge is 0.304 e. The zero-order valence-electron chi connectivity index (χ0n) is 8.02. The lowest BCUT2D eigenvalue weighted by Crippen LogP contribution is -2.26. The number of halogens is 2. The Hall–Kier alpha value is -0.580. The minimum Gasteiger partial charge on any atom is -0.481 e.